The molecule has 1 aliphatic heterocycles. The Morgan fingerprint density at radius 2 is 1.51 bits per heavy atom. The first-order valence-corrected chi connectivity index (χ1v) is 16.1. The summed E-state index contributed by atoms with van der Waals surface area (Å²) < 4.78 is 0. The van der Waals surface area contributed by atoms with Crippen molar-refractivity contribution in [1.82, 2.24) is 0 Å². The number of anilines is 2. The molecule has 41 heavy (non-hydrogen) atoms. The van der Waals surface area contributed by atoms with Gasteiger partial charge in [-0.25, -0.2) is 0 Å². The van der Waals surface area contributed by atoms with E-state index < -0.39 is 0 Å². The Balaban J connectivity index is 1.19. The highest BCUT2D eigenvalue weighted by Crippen LogP contribution is 2.54. The fourth-order valence-electron chi connectivity index (χ4n) is 8.53. The van der Waals surface area contributed by atoms with Crippen LogP contribution in [0.3, 0.4) is 0 Å². The van der Waals surface area contributed by atoms with Crippen molar-refractivity contribution < 1.29 is 0 Å². The summed E-state index contributed by atoms with van der Waals surface area (Å²) in [6.45, 7) is 2.20. The lowest BCUT2D eigenvalue weighted by atomic mass is 9.69. The molecule has 2 saturated carbocycles. The zero-order chi connectivity index (χ0) is 27.9. The third kappa shape index (κ3) is 5.16. The summed E-state index contributed by atoms with van der Waals surface area (Å²) in [5.41, 5.74) is 10.4. The first-order chi connectivity index (χ1) is 20.1. The molecule has 5 unspecified atom stereocenters. The van der Waals surface area contributed by atoms with E-state index in [-0.39, 0.29) is 0 Å². The maximum Gasteiger partial charge on any atom is 0.113 e. The molecule has 1 nitrogen and oxygen atoms in total. The van der Waals surface area contributed by atoms with Gasteiger partial charge >= 0.3 is 0 Å². The van der Waals surface area contributed by atoms with E-state index in [1.54, 1.807) is 5.56 Å². The van der Waals surface area contributed by atoms with Gasteiger partial charge in [0.2, 0.25) is 0 Å². The van der Waals surface area contributed by atoms with Crippen LogP contribution in [0.2, 0.25) is 0 Å². The van der Waals surface area contributed by atoms with Crippen LogP contribution in [0, 0.1) is 18.8 Å². The summed E-state index contributed by atoms with van der Waals surface area (Å²) in [5.74, 6) is 2.85. The quantitative estimate of drug-likeness (QED) is 0.195. The highest BCUT2D eigenvalue weighted by atomic mass is 32.1. The number of aryl methyl sites for hydroxylation is 1. The third-order valence-electron chi connectivity index (χ3n) is 10.5. The van der Waals surface area contributed by atoms with Crippen molar-refractivity contribution >= 4 is 37.3 Å². The van der Waals surface area contributed by atoms with Crippen LogP contribution in [0.5, 0.6) is 0 Å². The predicted molar refractivity (Wildman–Crippen MR) is 177 cm³/mol. The zero-order valence-corrected chi connectivity index (χ0v) is 25.1. The van der Waals surface area contributed by atoms with Crippen LogP contribution in [0.4, 0.5) is 11.4 Å². The monoisotopic (exact) mass is 553 g/mol. The second-order valence-electron chi connectivity index (χ2n) is 12.8. The van der Waals surface area contributed by atoms with Crippen molar-refractivity contribution in [2.24, 2.45) is 11.8 Å². The first-order valence-electron chi connectivity index (χ1n) is 15.7. The second kappa shape index (κ2) is 11.4. The second-order valence-corrected chi connectivity index (χ2v) is 13.3. The Hall–Kier alpha value is -2.91. The molecule has 0 aromatic heterocycles. The van der Waals surface area contributed by atoms with Gasteiger partial charge in [-0.3, -0.25) is 0 Å². The van der Waals surface area contributed by atoms with Crippen molar-refractivity contribution in [2.75, 3.05) is 4.90 Å². The summed E-state index contributed by atoms with van der Waals surface area (Å²) >= 11 is 4.90. The van der Waals surface area contributed by atoms with Crippen molar-refractivity contribution in [3.8, 4) is 11.1 Å². The van der Waals surface area contributed by atoms with Crippen molar-refractivity contribution in [3.05, 3.63) is 108 Å². The molecule has 2 fully saturated rings. The molecule has 7 rings (SSSR count). The Morgan fingerprint density at radius 3 is 2.37 bits per heavy atom. The Labute approximate surface area is 253 Å². The van der Waals surface area contributed by atoms with E-state index in [9.17, 15) is 0 Å². The molecule has 2 radical (unpaired) electrons. The third-order valence-corrected chi connectivity index (χ3v) is 10.9. The number of rotatable bonds is 4. The van der Waals surface area contributed by atoms with Crippen LogP contribution in [-0.2, 0) is 0 Å². The van der Waals surface area contributed by atoms with Crippen LogP contribution in [-0.4, -0.2) is 13.9 Å². The van der Waals surface area contributed by atoms with Gasteiger partial charge in [0, 0.05) is 28.2 Å². The lowest BCUT2D eigenvalue weighted by Gasteiger charge is -2.36. The van der Waals surface area contributed by atoms with Gasteiger partial charge < -0.3 is 4.90 Å². The molecule has 1 heterocycles. The fourth-order valence-corrected chi connectivity index (χ4v) is 8.79. The largest absolute Gasteiger partial charge is 0.337 e. The highest BCUT2D eigenvalue weighted by molar-refractivity contribution is 7.80. The number of benzene rings is 4. The summed E-state index contributed by atoms with van der Waals surface area (Å²) in [5, 5.41) is 0. The molecule has 0 saturated heterocycles. The Morgan fingerprint density at radius 1 is 0.732 bits per heavy atom. The summed E-state index contributed by atoms with van der Waals surface area (Å²) in [7, 11) is 6.18. The van der Waals surface area contributed by atoms with Gasteiger partial charge in [-0.05, 0) is 102 Å². The topological polar surface area (TPSA) is 3.24 Å². The molecule has 0 bridgehead atoms. The average Bonchev–Trinajstić information content (AvgIpc) is 3.14. The molecule has 0 spiro atoms. The van der Waals surface area contributed by atoms with Gasteiger partial charge in [0.15, 0.2) is 0 Å². The minimum atomic E-state index is 0.515. The predicted octanol–water partition coefficient (Wildman–Crippen LogP) is 9.51. The summed E-state index contributed by atoms with van der Waals surface area (Å²) in [6, 6.07) is 34.0. The maximum atomic E-state index is 6.18. The van der Waals surface area contributed by atoms with Gasteiger partial charge in [-0.2, -0.15) is 0 Å². The van der Waals surface area contributed by atoms with Crippen LogP contribution in [0.25, 0.3) is 11.1 Å². The fraction of sp³-hybridized carbons (Fsp3) is 0.368. The van der Waals surface area contributed by atoms with Crippen LogP contribution in [0.1, 0.15) is 79.9 Å². The number of fused-ring (bicyclic) bond motifs is 3. The minimum Gasteiger partial charge on any atom is -0.337 e. The van der Waals surface area contributed by atoms with E-state index in [4.69, 9.17) is 20.5 Å². The van der Waals surface area contributed by atoms with Crippen LogP contribution >= 0.6 is 12.6 Å². The van der Waals surface area contributed by atoms with Gasteiger partial charge in [-0.15, -0.1) is 12.6 Å². The SMILES string of the molecule is [B]c1cccc(C2CCCC(C3CCCC4C(C3)c3ccccc3N4c3ccc(S)c(-c4ccccc4C)c3)C2)c1. The Kier molecular flexibility index (Phi) is 7.50. The molecule has 0 amide bonds. The molecule has 3 aliphatic rings. The molecular weight excluding hydrogens is 513 g/mol. The standard InChI is InChI=1S/C38H40BNS/c1-25-9-2-3-15-32(25)35-24-31(19-20-38(35)41)40-36-17-5-4-16-33(36)34-23-29(13-8-18-37(34)40)27-11-6-10-26(21-27)28-12-7-14-30(39)22-28/h2-5,7,9,12,14-17,19-20,22,24,26-27,29,34,37,41H,6,8,10-11,13,18,21,23H2,1H3. The number of para-hydroxylation sites is 1. The highest BCUT2D eigenvalue weighted by Gasteiger charge is 2.43. The van der Waals surface area contributed by atoms with Crippen molar-refractivity contribution in [2.45, 2.75) is 81.1 Å². The maximum absolute atomic E-state index is 6.18. The van der Waals surface area contributed by atoms with Gasteiger partial charge in [-0.1, -0.05) is 97.9 Å². The van der Waals surface area contributed by atoms with E-state index in [0.717, 1.165) is 22.2 Å². The molecule has 206 valence electrons. The molecular formula is C38H40BNS. The number of thiol groups is 1. The number of nitrogens with zero attached hydrogens (tertiary/aromatic N) is 1. The Bertz CT molecular complexity index is 1550. The zero-order valence-electron chi connectivity index (χ0n) is 24.2. The van der Waals surface area contributed by atoms with E-state index >= 15 is 0 Å². The minimum absolute atomic E-state index is 0.515. The van der Waals surface area contributed by atoms with E-state index in [2.05, 4.69) is 96.8 Å². The van der Waals surface area contributed by atoms with Crippen LogP contribution < -0.4 is 10.4 Å². The van der Waals surface area contributed by atoms with Gasteiger partial charge in [0.25, 0.3) is 0 Å². The molecule has 3 heteroatoms. The lowest BCUT2D eigenvalue weighted by Crippen LogP contribution is -2.30. The van der Waals surface area contributed by atoms with Crippen molar-refractivity contribution in [3.63, 3.8) is 0 Å². The molecule has 4 aromatic carbocycles. The van der Waals surface area contributed by atoms with Crippen molar-refractivity contribution in [1.29, 1.82) is 0 Å². The van der Waals surface area contributed by atoms with E-state index in [1.807, 2.05) is 6.07 Å². The molecule has 5 atom stereocenters. The average molecular weight is 554 g/mol. The summed E-state index contributed by atoms with van der Waals surface area (Å²) in [4.78, 5) is 3.73. The lowest BCUT2D eigenvalue weighted by molar-refractivity contribution is 0.204. The van der Waals surface area contributed by atoms with E-state index in [1.165, 1.54) is 85.0 Å². The molecule has 4 aromatic rings. The van der Waals surface area contributed by atoms with Gasteiger partial charge in [0.05, 0.1) is 0 Å². The number of hydrogen-bond donors (Lipinski definition) is 1. The smallest absolute Gasteiger partial charge is 0.113 e. The molecule has 0 N–H and O–H groups in total. The number of hydrogen-bond acceptors (Lipinski definition) is 2. The van der Waals surface area contributed by atoms with Gasteiger partial charge in [0.1, 0.15) is 7.85 Å². The van der Waals surface area contributed by atoms with Crippen LogP contribution in [0.15, 0.2) is 95.9 Å². The normalized spacial score (nSPS) is 25.8. The first kappa shape index (κ1) is 27.0. The molecule has 2 aliphatic carbocycles. The van der Waals surface area contributed by atoms with E-state index in [0.29, 0.717) is 17.9 Å². The summed E-state index contributed by atoms with van der Waals surface area (Å²) in [6.07, 6.45) is 10.6.